The van der Waals surface area contributed by atoms with Crippen molar-refractivity contribution < 1.29 is 23.1 Å². The molecule has 1 saturated heterocycles. The van der Waals surface area contributed by atoms with Gasteiger partial charge >= 0.3 is 12.1 Å². The number of likely N-dealkylation sites (tertiary alicyclic amines) is 1. The Morgan fingerprint density at radius 2 is 1.83 bits per heavy atom. The van der Waals surface area contributed by atoms with Crippen molar-refractivity contribution in [3.63, 3.8) is 0 Å². The number of hydrogen-bond acceptors (Lipinski definition) is 2. The van der Waals surface area contributed by atoms with E-state index in [-0.39, 0.29) is 18.4 Å². The number of halogens is 5. The molecule has 0 spiro atoms. The van der Waals surface area contributed by atoms with Crippen LogP contribution < -0.4 is 0 Å². The first-order chi connectivity index (χ1) is 13.6. The summed E-state index contributed by atoms with van der Waals surface area (Å²) in [4.78, 5) is 13.3. The molecule has 29 heavy (non-hydrogen) atoms. The van der Waals surface area contributed by atoms with Gasteiger partial charge in [0.25, 0.3) is 0 Å². The first-order valence-corrected chi connectivity index (χ1v) is 9.96. The van der Waals surface area contributed by atoms with Crippen LogP contribution in [-0.2, 0) is 17.5 Å². The molecule has 3 rings (SSSR count). The monoisotopic (exact) mass is 445 g/mol. The Bertz CT molecular complexity index is 871. The average molecular weight is 446 g/mol. The minimum atomic E-state index is -4.40. The highest BCUT2D eigenvalue weighted by Gasteiger charge is 2.33. The predicted molar refractivity (Wildman–Crippen MR) is 106 cm³/mol. The summed E-state index contributed by atoms with van der Waals surface area (Å²) in [6, 6.07) is 10.1. The summed E-state index contributed by atoms with van der Waals surface area (Å²) < 4.78 is 38.7. The highest BCUT2D eigenvalue weighted by Crippen LogP contribution is 2.39. The van der Waals surface area contributed by atoms with Crippen LogP contribution in [0.3, 0.4) is 0 Å². The third-order valence-electron chi connectivity index (χ3n) is 5.29. The van der Waals surface area contributed by atoms with Crippen molar-refractivity contribution in [3.8, 4) is 0 Å². The lowest BCUT2D eigenvalue weighted by Gasteiger charge is -2.40. The van der Waals surface area contributed by atoms with Gasteiger partial charge < -0.3 is 5.11 Å². The lowest BCUT2D eigenvalue weighted by molar-refractivity contribution is -0.139. The second kappa shape index (κ2) is 8.94. The maximum Gasteiger partial charge on any atom is 0.416 e. The molecule has 2 atom stereocenters. The standard InChI is InChI=1S/C21H20Cl2F3NO2/c22-17-5-6-18(23)15(11-17)12-27-8-7-13(10-20(28)29)9-19(27)14-1-3-16(4-2-14)21(24,25)26/h1-6,11,13,19H,7-10,12H2,(H,28,29)/t13-,19+/m1/s1. The number of benzene rings is 2. The molecule has 0 unspecified atom stereocenters. The highest BCUT2D eigenvalue weighted by molar-refractivity contribution is 6.33. The molecule has 0 aromatic heterocycles. The number of rotatable bonds is 5. The van der Waals surface area contributed by atoms with Crippen molar-refractivity contribution in [1.82, 2.24) is 4.90 Å². The molecule has 0 radical (unpaired) electrons. The number of carboxylic acid groups (broad SMARTS) is 1. The molecule has 1 aliphatic rings. The Kier molecular flexibility index (Phi) is 6.76. The normalized spacial score (nSPS) is 20.6. The van der Waals surface area contributed by atoms with Gasteiger partial charge in [-0.2, -0.15) is 13.2 Å². The van der Waals surface area contributed by atoms with Crippen LogP contribution in [0, 0.1) is 5.92 Å². The van der Waals surface area contributed by atoms with Crippen molar-refractivity contribution in [2.75, 3.05) is 6.54 Å². The number of piperidine rings is 1. The van der Waals surface area contributed by atoms with E-state index in [2.05, 4.69) is 4.90 Å². The summed E-state index contributed by atoms with van der Waals surface area (Å²) in [6.07, 6.45) is -3.11. The summed E-state index contributed by atoms with van der Waals surface area (Å²) in [7, 11) is 0. The Morgan fingerprint density at radius 1 is 1.14 bits per heavy atom. The SMILES string of the molecule is O=C(O)C[C@@H]1CCN(Cc2cc(Cl)ccc2Cl)[C@H](c2ccc(C(F)(F)F)cc2)C1. The number of alkyl halides is 3. The van der Waals surface area contributed by atoms with E-state index in [1.165, 1.54) is 12.1 Å². The Morgan fingerprint density at radius 3 is 2.45 bits per heavy atom. The maximum absolute atomic E-state index is 12.9. The summed E-state index contributed by atoms with van der Waals surface area (Å²) >= 11 is 12.4. The van der Waals surface area contributed by atoms with E-state index in [0.29, 0.717) is 36.0 Å². The van der Waals surface area contributed by atoms with Crippen LogP contribution in [0.2, 0.25) is 10.0 Å². The molecule has 156 valence electrons. The van der Waals surface area contributed by atoms with Gasteiger partial charge in [-0.15, -0.1) is 0 Å². The van der Waals surface area contributed by atoms with Crippen molar-refractivity contribution >= 4 is 29.2 Å². The molecule has 1 heterocycles. The molecule has 3 nitrogen and oxygen atoms in total. The van der Waals surface area contributed by atoms with Crippen LogP contribution in [0.4, 0.5) is 13.2 Å². The summed E-state index contributed by atoms with van der Waals surface area (Å²) in [5.41, 5.74) is 0.850. The summed E-state index contributed by atoms with van der Waals surface area (Å²) in [5.74, 6) is -0.904. The van der Waals surface area contributed by atoms with Gasteiger partial charge in [-0.3, -0.25) is 9.69 Å². The van der Waals surface area contributed by atoms with Gasteiger partial charge in [0.15, 0.2) is 0 Å². The van der Waals surface area contributed by atoms with Gasteiger partial charge in [-0.1, -0.05) is 35.3 Å². The van der Waals surface area contributed by atoms with Crippen molar-refractivity contribution in [1.29, 1.82) is 0 Å². The number of aliphatic carboxylic acids is 1. The van der Waals surface area contributed by atoms with E-state index in [4.69, 9.17) is 28.3 Å². The zero-order valence-corrected chi connectivity index (χ0v) is 16.9. The zero-order valence-electron chi connectivity index (χ0n) is 15.4. The van der Waals surface area contributed by atoms with Crippen LogP contribution in [-0.4, -0.2) is 22.5 Å². The summed E-state index contributed by atoms with van der Waals surface area (Å²) in [5, 5.41) is 10.3. The zero-order chi connectivity index (χ0) is 21.2. The topological polar surface area (TPSA) is 40.5 Å². The first-order valence-electron chi connectivity index (χ1n) is 9.20. The molecule has 8 heteroatoms. The van der Waals surface area contributed by atoms with E-state index in [0.717, 1.165) is 23.3 Å². The van der Waals surface area contributed by atoms with Crippen LogP contribution in [0.1, 0.15) is 42.0 Å². The van der Waals surface area contributed by atoms with Gasteiger partial charge in [0, 0.05) is 29.1 Å². The minimum Gasteiger partial charge on any atom is -0.481 e. The first kappa shape index (κ1) is 21.9. The average Bonchev–Trinajstić information content (AvgIpc) is 2.65. The van der Waals surface area contributed by atoms with Gasteiger partial charge in [0.1, 0.15) is 0 Å². The second-order valence-corrected chi connectivity index (χ2v) is 8.17. The van der Waals surface area contributed by atoms with Gasteiger partial charge in [-0.25, -0.2) is 0 Å². The van der Waals surface area contributed by atoms with E-state index in [1.807, 2.05) is 0 Å². The number of nitrogens with zero attached hydrogens (tertiary/aromatic N) is 1. The molecule has 0 amide bonds. The summed E-state index contributed by atoms with van der Waals surface area (Å²) in [6.45, 7) is 1.09. The fourth-order valence-corrected chi connectivity index (χ4v) is 4.20. The van der Waals surface area contributed by atoms with Crippen molar-refractivity contribution in [2.24, 2.45) is 5.92 Å². The second-order valence-electron chi connectivity index (χ2n) is 7.33. The highest BCUT2D eigenvalue weighted by atomic mass is 35.5. The molecule has 0 bridgehead atoms. The maximum atomic E-state index is 12.9. The van der Waals surface area contributed by atoms with E-state index in [9.17, 15) is 18.0 Å². The van der Waals surface area contributed by atoms with E-state index < -0.39 is 17.7 Å². The third-order valence-corrected chi connectivity index (χ3v) is 5.89. The van der Waals surface area contributed by atoms with Gasteiger partial charge in [-0.05, 0) is 66.8 Å². The lowest BCUT2D eigenvalue weighted by atomic mass is 9.84. The number of carbonyl (C=O) groups is 1. The Labute approximate surface area is 177 Å². The molecule has 1 N–H and O–H groups in total. The fraction of sp³-hybridized carbons (Fsp3) is 0.381. The molecular formula is C21H20Cl2F3NO2. The predicted octanol–water partition coefficient (Wildman–Crippen LogP) is 6.44. The van der Waals surface area contributed by atoms with Gasteiger partial charge in [0.05, 0.1) is 5.56 Å². The molecule has 0 aliphatic carbocycles. The third kappa shape index (κ3) is 5.65. The van der Waals surface area contributed by atoms with Crippen LogP contribution in [0.5, 0.6) is 0 Å². The molecule has 2 aromatic carbocycles. The van der Waals surface area contributed by atoms with Crippen molar-refractivity contribution in [3.05, 3.63) is 69.2 Å². The lowest BCUT2D eigenvalue weighted by Crippen LogP contribution is -2.37. The quantitative estimate of drug-likeness (QED) is 0.575. The molecule has 0 saturated carbocycles. The Hall–Kier alpha value is -1.76. The number of hydrogen-bond donors (Lipinski definition) is 1. The largest absolute Gasteiger partial charge is 0.481 e. The molecule has 1 aliphatic heterocycles. The van der Waals surface area contributed by atoms with Crippen LogP contribution in [0.25, 0.3) is 0 Å². The van der Waals surface area contributed by atoms with Gasteiger partial charge in [0.2, 0.25) is 0 Å². The van der Waals surface area contributed by atoms with Crippen LogP contribution >= 0.6 is 23.2 Å². The van der Waals surface area contributed by atoms with E-state index >= 15 is 0 Å². The van der Waals surface area contributed by atoms with Crippen molar-refractivity contribution in [2.45, 2.75) is 38.0 Å². The molecular weight excluding hydrogens is 426 g/mol. The minimum absolute atomic E-state index is 0.0362. The van der Waals surface area contributed by atoms with Crippen LogP contribution in [0.15, 0.2) is 42.5 Å². The number of carboxylic acids is 1. The fourth-order valence-electron chi connectivity index (χ4n) is 3.83. The molecule has 2 aromatic rings. The Balaban J connectivity index is 1.87. The van der Waals surface area contributed by atoms with E-state index in [1.54, 1.807) is 18.2 Å². The molecule has 1 fully saturated rings. The smallest absolute Gasteiger partial charge is 0.416 e.